The van der Waals surface area contributed by atoms with E-state index in [1.54, 1.807) is 24.5 Å². The Labute approximate surface area is 150 Å². The van der Waals surface area contributed by atoms with E-state index in [1.165, 1.54) is 0 Å². The van der Waals surface area contributed by atoms with Gasteiger partial charge in [0.2, 0.25) is 0 Å². The van der Waals surface area contributed by atoms with E-state index in [0.29, 0.717) is 6.04 Å². The van der Waals surface area contributed by atoms with Gasteiger partial charge in [0, 0.05) is 49.0 Å². The molecule has 0 saturated carbocycles. The zero-order valence-corrected chi connectivity index (χ0v) is 14.9. The highest BCUT2D eigenvalue weighted by Crippen LogP contribution is 2.35. The molecule has 3 rings (SSSR count). The molecule has 25 heavy (non-hydrogen) atoms. The molecule has 0 unspecified atom stereocenters. The fourth-order valence-corrected chi connectivity index (χ4v) is 4.34. The monoisotopic (exact) mass is 343 g/mol. The largest absolute Gasteiger partial charge is 0.396 e. The molecule has 5 nitrogen and oxygen atoms in total. The number of pyridine rings is 1. The van der Waals surface area contributed by atoms with Gasteiger partial charge in [0.25, 0.3) is 5.91 Å². The van der Waals surface area contributed by atoms with Gasteiger partial charge in [0.1, 0.15) is 0 Å². The van der Waals surface area contributed by atoms with Crippen molar-refractivity contribution in [1.82, 2.24) is 14.8 Å². The Bertz CT molecular complexity index is 584. The van der Waals surface area contributed by atoms with Crippen LogP contribution in [-0.4, -0.2) is 64.6 Å². The molecule has 3 heterocycles. The van der Waals surface area contributed by atoms with E-state index in [-0.39, 0.29) is 17.9 Å². The lowest BCUT2D eigenvalue weighted by Crippen LogP contribution is -2.53. The maximum absolute atomic E-state index is 12.6. The molecule has 1 N–H and O–H groups in total. The molecule has 1 amide bonds. The summed E-state index contributed by atoms with van der Waals surface area (Å²) in [5.41, 5.74) is 0.695. The number of carbonyl (C=O) groups is 1. The topological polar surface area (TPSA) is 56.7 Å². The highest BCUT2D eigenvalue weighted by Gasteiger charge is 2.37. The van der Waals surface area contributed by atoms with Crippen LogP contribution in [-0.2, 0) is 0 Å². The number of hydrogen-bond acceptors (Lipinski definition) is 4. The fourth-order valence-electron chi connectivity index (χ4n) is 4.34. The lowest BCUT2D eigenvalue weighted by Gasteiger charge is -2.47. The van der Waals surface area contributed by atoms with E-state index in [2.05, 4.69) is 16.5 Å². The van der Waals surface area contributed by atoms with E-state index in [9.17, 15) is 9.90 Å². The van der Waals surface area contributed by atoms with Gasteiger partial charge in [-0.05, 0) is 50.8 Å². The first-order chi connectivity index (χ1) is 12.2. The predicted molar refractivity (Wildman–Crippen MR) is 98.3 cm³/mol. The molecular weight excluding hydrogens is 314 g/mol. The average Bonchev–Trinajstić information content (AvgIpc) is 2.68. The molecule has 2 aliphatic heterocycles. The molecule has 0 radical (unpaired) electrons. The molecule has 5 heteroatoms. The highest BCUT2D eigenvalue weighted by molar-refractivity contribution is 5.94. The van der Waals surface area contributed by atoms with Gasteiger partial charge in [0.15, 0.2) is 0 Å². The number of carbonyl (C=O) groups excluding carboxylic acids is 1. The number of aromatic nitrogens is 1. The normalized spacial score (nSPS) is 25.7. The van der Waals surface area contributed by atoms with Crippen molar-refractivity contribution in [3.63, 3.8) is 0 Å². The van der Waals surface area contributed by atoms with Crippen LogP contribution in [0.3, 0.4) is 0 Å². The summed E-state index contributed by atoms with van der Waals surface area (Å²) in [5, 5.41) is 9.90. The first-order valence-electron chi connectivity index (χ1n) is 9.32. The molecule has 1 atom stereocenters. The van der Waals surface area contributed by atoms with Gasteiger partial charge in [-0.1, -0.05) is 6.08 Å². The second-order valence-electron chi connectivity index (χ2n) is 7.48. The van der Waals surface area contributed by atoms with E-state index >= 15 is 0 Å². The van der Waals surface area contributed by atoms with Crippen molar-refractivity contribution >= 4 is 5.91 Å². The molecule has 2 aliphatic rings. The van der Waals surface area contributed by atoms with Crippen LogP contribution < -0.4 is 0 Å². The van der Waals surface area contributed by atoms with Gasteiger partial charge in [-0.3, -0.25) is 14.7 Å². The third-order valence-corrected chi connectivity index (χ3v) is 5.80. The van der Waals surface area contributed by atoms with Gasteiger partial charge < -0.3 is 10.0 Å². The number of hydrogen-bond donors (Lipinski definition) is 1. The Hall–Kier alpha value is -1.72. The standard InChI is InChI=1S/C20H29N3O2/c1-2-8-20(16-24)9-3-12-23(15-20)18-6-13-22(14-7-18)19(25)17-4-10-21-11-5-17/h2,4-5,10-11,18,24H,1,3,6-9,12-16H2/t20-/m1/s1. The van der Waals surface area contributed by atoms with Gasteiger partial charge in [-0.25, -0.2) is 0 Å². The maximum Gasteiger partial charge on any atom is 0.253 e. The first-order valence-corrected chi connectivity index (χ1v) is 9.32. The summed E-state index contributed by atoms with van der Waals surface area (Å²) in [6.45, 7) is 7.74. The number of aliphatic hydroxyl groups is 1. The molecule has 0 aromatic carbocycles. The van der Waals surface area contributed by atoms with Crippen molar-refractivity contribution in [2.75, 3.05) is 32.8 Å². The summed E-state index contributed by atoms with van der Waals surface area (Å²) < 4.78 is 0. The van der Waals surface area contributed by atoms with Crippen molar-refractivity contribution in [3.05, 3.63) is 42.7 Å². The third-order valence-electron chi connectivity index (χ3n) is 5.80. The van der Waals surface area contributed by atoms with Gasteiger partial charge in [-0.15, -0.1) is 6.58 Å². The SMILES string of the molecule is C=CC[C@@]1(CO)CCCN(C2CCN(C(=O)c3ccncc3)CC2)C1. The number of nitrogens with zero attached hydrogens (tertiary/aromatic N) is 3. The first kappa shape index (κ1) is 18.1. The Kier molecular flexibility index (Phi) is 5.86. The minimum Gasteiger partial charge on any atom is -0.396 e. The van der Waals surface area contributed by atoms with Crippen LogP contribution in [0.25, 0.3) is 0 Å². The molecule has 2 saturated heterocycles. The lowest BCUT2D eigenvalue weighted by molar-refractivity contribution is -0.000430. The molecule has 1 aromatic heterocycles. The van der Waals surface area contributed by atoms with Crippen molar-refractivity contribution in [1.29, 1.82) is 0 Å². The molecule has 0 spiro atoms. The zero-order valence-electron chi connectivity index (χ0n) is 14.9. The third kappa shape index (κ3) is 4.10. The van der Waals surface area contributed by atoms with E-state index in [4.69, 9.17) is 0 Å². The van der Waals surface area contributed by atoms with Crippen molar-refractivity contribution in [3.8, 4) is 0 Å². The molecular formula is C20H29N3O2. The zero-order chi connectivity index (χ0) is 17.7. The van der Waals surface area contributed by atoms with Crippen LogP contribution in [0.15, 0.2) is 37.2 Å². The molecule has 0 aliphatic carbocycles. The summed E-state index contributed by atoms with van der Waals surface area (Å²) >= 11 is 0. The fraction of sp³-hybridized carbons (Fsp3) is 0.600. The van der Waals surface area contributed by atoms with Crippen LogP contribution in [0, 0.1) is 5.41 Å². The van der Waals surface area contributed by atoms with E-state index in [1.807, 2.05) is 11.0 Å². The summed E-state index contributed by atoms with van der Waals surface area (Å²) in [7, 11) is 0. The van der Waals surface area contributed by atoms with Crippen LogP contribution in [0.1, 0.15) is 42.5 Å². The Morgan fingerprint density at radius 1 is 1.32 bits per heavy atom. The van der Waals surface area contributed by atoms with E-state index < -0.39 is 0 Å². The van der Waals surface area contributed by atoms with Crippen LogP contribution in [0.4, 0.5) is 0 Å². The number of rotatable bonds is 5. The molecule has 1 aromatic rings. The minimum atomic E-state index is -0.0238. The Morgan fingerprint density at radius 2 is 2.04 bits per heavy atom. The number of amides is 1. The lowest BCUT2D eigenvalue weighted by atomic mass is 9.77. The van der Waals surface area contributed by atoms with Crippen molar-refractivity contribution in [2.45, 2.75) is 38.1 Å². The minimum absolute atomic E-state index is 0.0238. The number of aliphatic hydroxyl groups excluding tert-OH is 1. The summed E-state index contributed by atoms with van der Waals surface area (Å²) in [4.78, 5) is 21.0. The number of piperidine rings is 2. The van der Waals surface area contributed by atoms with Crippen LogP contribution >= 0.6 is 0 Å². The Morgan fingerprint density at radius 3 is 2.68 bits per heavy atom. The quantitative estimate of drug-likeness (QED) is 0.834. The Balaban J connectivity index is 1.57. The summed E-state index contributed by atoms with van der Waals surface area (Å²) in [6, 6.07) is 4.07. The van der Waals surface area contributed by atoms with Crippen LogP contribution in [0.5, 0.6) is 0 Å². The van der Waals surface area contributed by atoms with Gasteiger partial charge in [0.05, 0.1) is 6.61 Å². The average molecular weight is 343 g/mol. The van der Waals surface area contributed by atoms with Gasteiger partial charge in [-0.2, -0.15) is 0 Å². The number of likely N-dealkylation sites (tertiary alicyclic amines) is 2. The number of allylic oxidation sites excluding steroid dienone is 1. The summed E-state index contributed by atoms with van der Waals surface area (Å²) in [6.07, 6.45) is 10.4. The van der Waals surface area contributed by atoms with E-state index in [0.717, 1.165) is 63.8 Å². The molecule has 0 bridgehead atoms. The highest BCUT2D eigenvalue weighted by atomic mass is 16.3. The van der Waals surface area contributed by atoms with Crippen molar-refractivity contribution in [2.24, 2.45) is 5.41 Å². The second kappa shape index (κ2) is 8.11. The summed E-state index contributed by atoms with van der Waals surface area (Å²) in [5.74, 6) is 0.107. The molecule has 2 fully saturated rings. The smallest absolute Gasteiger partial charge is 0.253 e. The maximum atomic E-state index is 12.6. The van der Waals surface area contributed by atoms with Gasteiger partial charge >= 0.3 is 0 Å². The second-order valence-corrected chi connectivity index (χ2v) is 7.48. The predicted octanol–water partition coefficient (Wildman–Crippen LogP) is 2.34. The molecule has 136 valence electrons. The van der Waals surface area contributed by atoms with Crippen LogP contribution in [0.2, 0.25) is 0 Å². The van der Waals surface area contributed by atoms with Crippen molar-refractivity contribution < 1.29 is 9.90 Å².